The number of fused-ring (bicyclic) bond motifs is 1. The summed E-state index contributed by atoms with van der Waals surface area (Å²) in [5.74, 6) is 0.583. The lowest BCUT2D eigenvalue weighted by atomic mass is 9.95. The Kier molecular flexibility index (Phi) is 5.54. The molecule has 0 saturated carbocycles. The normalized spacial score (nSPS) is 15.6. The van der Waals surface area contributed by atoms with E-state index in [4.69, 9.17) is 0 Å². The molecule has 0 atom stereocenters. The van der Waals surface area contributed by atoms with E-state index in [1.807, 2.05) is 30.3 Å². The fourth-order valence-electron chi connectivity index (χ4n) is 3.63. The van der Waals surface area contributed by atoms with Crippen molar-refractivity contribution in [3.05, 3.63) is 69.1 Å². The van der Waals surface area contributed by atoms with Crippen LogP contribution in [-0.2, 0) is 11.3 Å². The van der Waals surface area contributed by atoms with E-state index in [1.165, 1.54) is 0 Å². The first-order valence-corrected chi connectivity index (χ1v) is 10.1. The number of amides is 1. The SMILES string of the molecule is O=C(Nc1ccccn1)C1CCN(Cc2c[nH]c3c(Br)cccc3c2=O)CC1. The molecule has 4 rings (SSSR count). The number of likely N-dealkylation sites (tertiary alicyclic amines) is 1. The van der Waals surface area contributed by atoms with E-state index in [-0.39, 0.29) is 17.3 Å². The molecule has 28 heavy (non-hydrogen) atoms. The third kappa shape index (κ3) is 4.00. The number of H-pyrrole nitrogens is 1. The van der Waals surface area contributed by atoms with Gasteiger partial charge < -0.3 is 10.3 Å². The van der Waals surface area contributed by atoms with Gasteiger partial charge in [-0.25, -0.2) is 4.98 Å². The Balaban J connectivity index is 1.38. The Morgan fingerprint density at radius 3 is 2.79 bits per heavy atom. The highest BCUT2D eigenvalue weighted by Gasteiger charge is 2.25. The van der Waals surface area contributed by atoms with Crippen LogP contribution in [0.3, 0.4) is 0 Å². The molecule has 144 valence electrons. The highest BCUT2D eigenvalue weighted by molar-refractivity contribution is 9.10. The summed E-state index contributed by atoms with van der Waals surface area (Å²) in [6.07, 6.45) is 5.01. The van der Waals surface area contributed by atoms with Crippen LogP contribution in [0.15, 0.2) is 58.1 Å². The average molecular weight is 441 g/mol. The maximum absolute atomic E-state index is 12.8. The first-order valence-electron chi connectivity index (χ1n) is 9.35. The predicted octanol–water partition coefficient (Wildman–Crippen LogP) is 3.54. The molecular formula is C21H21BrN4O2. The largest absolute Gasteiger partial charge is 0.360 e. The summed E-state index contributed by atoms with van der Waals surface area (Å²) in [5, 5.41) is 3.57. The van der Waals surface area contributed by atoms with Gasteiger partial charge in [-0.3, -0.25) is 14.5 Å². The molecule has 6 nitrogen and oxygen atoms in total. The summed E-state index contributed by atoms with van der Waals surface area (Å²) in [6, 6.07) is 11.1. The topological polar surface area (TPSA) is 78.1 Å². The summed E-state index contributed by atoms with van der Waals surface area (Å²) in [5.41, 5.74) is 1.63. The minimum absolute atomic E-state index is 0.0201. The van der Waals surface area contributed by atoms with Crippen LogP contribution >= 0.6 is 15.9 Å². The number of nitrogens with zero attached hydrogens (tertiary/aromatic N) is 2. The quantitative estimate of drug-likeness (QED) is 0.650. The second-order valence-electron chi connectivity index (χ2n) is 7.06. The number of rotatable bonds is 4. The van der Waals surface area contributed by atoms with Crippen molar-refractivity contribution in [1.82, 2.24) is 14.9 Å². The number of nitrogens with one attached hydrogen (secondary N) is 2. The van der Waals surface area contributed by atoms with E-state index in [0.29, 0.717) is 17.7 Å². The minimum atomic E-state index is -0.0240. The van der Waals surface area contributed by atoms with Crippen LogP contribution in [-0.4, -0.2) is 33.9 Å². The highest BCUT2D eigenvalue weighted by atomic mass is 79.9. The number of aromatic nitrogens is 2. The molecule has 3 heterocycles. The van der Waals surface area contributed by atoms with Gasteiger partial charge in [-0.05, 0) is 66.1 Å². The third-order valence-corrected chi connectivity index (χ3v) is 5.87. The highest BCUT2D eigenvalue weighted by Crippen LogP contribution is 2.22. The zero-order valence-electron chi connectivity index (χ0n) is 15.3. The van der Waals surface area contributed by atoms with Crippen LogP contribution in [0, 0.1) is 5.92 Å². The molecule has 2 aromatic heterocycles. The smallest absolute Gasteiger partial charge is 0.228 e. The van der Waals surface area contributed by atoms with Gasteiger partial charge >= 0.3 is 0 Å². The van der Waals surface area contributed by atoms with Gasteiger partial charge in [0, 0.05) is 40.3 Å². The maximum Gasteiger partial charge on any atom is 0.228 e. The Labute approximate surface area is 171 Å². The molecule has 1 amide bonds. The molecule has 0 spiro atoms. The average Bonchev–Trinajstić information content (AvgIpc) is 2.72. The van der Waals surface area contributed by atoms with Crippen molar-refractivity contribution in [2.24, 2.45) is 5.92 Å². The van der Waals surface area contributed by atoms with E-state index in [0.717, 1.165) is 41.5 Å². The number of pyridine rings is 2. The van der Waals surface area contributed by atoms with Gasteiger partial charge in [-0.2, -0.15) is 0 Å². The van der Waals surface area contributed by atoms with Gasteiger partial charge in [-0.15, -0.1) is 0 Å². The van der Waals surface area contributed by atoms with Crippen LogP contribution in [0.25, 0.3) is 10.9 Å². The van der Waals surface area contributed by atoms with Crippen LogP contribution < -0.4 is 10.7 Å². The van der Waals surface area contributed by atoms with Crippen molar-refractivity contribution >= 4 is 38.6 Å². The van der Waals surface area contributed by atoms with Crippen LogP contribution in [0.1, 0.15) is 18.4 Å². The number of benzene rings is 1. The van der Waals surface area contributed by atoms with Crippen molar-refractivity contribution in [2.45, 2.75) is 19.4 Å². The predicted molar refractivity (Wildman–Crippen MR) is 113 cm³/mol. The van der Waals surface area contributed by atoms with Crippen molar-refractivity contribution in [1.29, 1.82) is 0 Å². The molecule has 2 N–H and O–H groups in total. The summed E-state index contributed by atoms with van der Waals surface area (Å²) >= 11 is 3.47. The van der Waals surface area contributed by atoms with Crippen molar-refractivity contribution in [2.75, 3.05) is 18.4 Å². The molecular weight excluding hydrogens is 420 g/mol. The van der Waals surface area contributed by atoms with Crippen molar-refractivity contribution < 1.29 is 4.79 Å². The van der Waals surface area contributed by atoms with E-state index >= 15 is 0 Å². The Morgan fingerprint density at radius 2 is 2.04 bits per heavy atom. The van der Waals surface area contributed by atoms with Crippen LogP contribution in [0.5, 0.6) is 0 Å². The fraction of sp³-hybridized carbons (Fsp3) is 0.286. The monoisotopic (exact) mass is 440 g/mol. The molecule has 1 saturated heterocycles. The first kappa shape index (κ1) is 18.8. The van der Waals surface area contributed by atoms with Gasteiger partial charge in [0.25, 0.3) is 0 Å². The Morgan fingerprint density at radius 1 is 1.21 bits per heavy atom. The lowest BCUT2D eigenvalue weighted by Crippen LogP contribution is -2.38. The summed E-state index contributed by atoms with van der Waals surface area (Å²) in [4.78, 5) is 34.8. The number of aromatic amines is 1. The van der Waals surface area contributed by atoms with Gasteiger partial charge in [0.2, 0.25) is 5.91 Å². The van der Waals surface area contributed by atoms with Gasteiger partial charge in [0.15, 0.2) is 5.43 Å². The number of carbonyl (C=O) groups excluding carboxylic acids is 1. The Hall–Kier alpha value is -2.51. The second kappa shape index (κ2) is 8.24. The number of hydrogen-bond donors (Lipinski definition) is 2. The molecule has 3 aromatic rings. The zero-order chi connectivity index (χ0) is 19.5. The maximum atomic E-state index is 12.8. The van der Waals surface area contributed by atoms with E-state index in [9.17, 15) is 9.59 Å². The first-order chi connectivity index (χ1) is 13.6. The third-order valence-electron chi connectivity index (χ3n) is 5.21. The van der Waals surface area contributed by atoms with E-state index in [2.05, 4.69) is 36.1 Å². The Bertz CT molecular complexity index is 1040. The zero-order valence-corrected chi connectivity index (χ0v) is 16.9. The van der Waals surface area contributed by atoms with Crippen molar-refractivity contribution in [3.8, 4) is 0 Å². The molecule has 7 heteroatoms. The van der Waals surface area contributed by atoms with Gasteiger partial charge in [0.1, 0.15) is 5.82 Å². The van der Waals surface area contributed by atoms with Gasteiger partial charge in [0.05, 0.1) is 5.52 Å². The molecule has 1 aromatic carbocycles. The van der Waals surface area contributed by atoms with Crippen molar-refractivity contribution in [3.63, 3.8) is 0 Å². The number of hydrogen-bond acceptors (Lipinski definition) is 4. The van der Waals surface area contributed by atoms with Crippen LogP contribution in [0.4, 0.5) is 5.82 Å². The number of para-hydroxylation sites is 1. The van der Waals surface area contributed by atoms with Crippen LogP contribution in [0.2, 0.25) is 0 Å². The molecule has 1 fully saturated rings. The van der Waals surface area contributed by atoms with Gasteiger partial charge in [-0.1, -0.05) is 12.1 Å². The summed E-state index contributed by atoms with van der Waals surface area (Å²) < 4.78 is 0.883. The molecule has 1 aliphatic heterocycles. The number of piperidine rings is 1. The lowest BCUT2D eigenvalue weighted by molar-refractivity contribution is -0.121. The summed E-state index contributed by atoms with van der Waals surface area (Å²) in [6.45, 7) is 2.17. The molecule has 0 radical (unpaired) electrons. The second-order valence-corrected chi connectivity index (χ2v) is 7.91. The standard InChI is InChI=1S/C21H21BrN4O2/c22-17-5-3-4-16-19(17)24-12-15(20(16)27)13-26-10-7-14(8-11-26)21(28)25-18-6-1-2-9-23-18/h1-6,9,12,14H,7-8,10-11,13H2,(H,24,27)(H,23,25,28). The molecule has 0 aliphatic carbocycles. The minimum Gasteiger partial charge on any atom is -0.360 e. The summed E-state index contributed by atoms with van der Waals surface area (Å²) in [7, 11) is 0. The molecule has 0 unspecified atom stereocenters. The lowest BCUT2D eigenvalue weighted by Gasteiger charge is -2.31. The molecule has 1 aliphatic rings. The fourth-order valence-corrected chi connectivity index (χ4v) is 4.12. The molecule has 0 bridgehead atoms. The van der Waals surface area contributed by atoms with E-state index in [1.54, 1.807) is 18.5 Å². The number of halogens is 1. The number of anilines is 1. The number of carbonyl (C=O) groups is 1. The van der Waals surface area contributed by atoms with E-state index < -0.39 is 0 Å².